The van der Waals surface area contributed by atoms with Crippen LogP contribution in [0.2, 0.25) is 0 Å². The number of fused-ring (bicyclic) bond motifs is 1. The van der Waals surface area contributed by atoms with E-state index in [1.807, 2.05) is 12.1 Å². The number of hydrogen-bond acceptors (Lipinski definition) is 3. The van der Waals surface area contributed by atoms with Crippen molar-refractivity contribution in [3.05, 3.63) is 41.6 Å². The van der Waals surface area contributed by atoms with Gasteiger partial charge in [-0.3, -0.25) is 0 Å². The second-order valence-corrected chi connectivity index (χ2v) is 7.07. The van der Waals surface area contributed by atoms with Gasteiger partial charge in [0.1, 0.15) is 6.10 Å². The summed E-state index contributed by atoms with van der Waals surface area (Å²) < 4.78 is 32.4. The zero-order valence-electron chi connectivity index (χ0n) is 14.1. The van der Waals surface area contributed by atoms with E-state index in [0.29, 0.717) is 18.7 Å². The van der Waals surface area contributed by atoms with Crippen LogP contribution in [0.1, 0.15) is 43.2 Å². The van der Waals surface area contributed by atoms with Gasteiger partial charge in [0, 0.05) is 36.4 Å². The van der Waals surface area contributed by atoms with Gasteiger partial charge in [-0.05, 0) is 54.9 Å². The molecule has 2 aromatic rings. The first-order chi connectivity index (χ1) is 12.0. The highest BCUT2D eigenvalue weighted by Crippen LogP contribution is 2.37. The molecule has 2 aliphatic carbocycles. The van der Waals surface area contributed by atoms with E-state index in [1.165, 1.54) is 11.1 Å². The number of halogens is 2. The molecule has 0 radical (unpaired) electrons. The summed E-state index contributed by atoms with van der Waals surface area (Å²) in [6.45, 7) is 0. The molecule has 1 aromatic heterocycles. The minimum absolute atomic E-state index is 0.116. The fourth-order valence-corrected chi connectivity index (χ4v) is 3.89. The minimum Gasteiger partial charge on any atom is -0.474 e. The molecule has 1 fully saturated rings. The smallest absolute Gasteiger partial charge is 0.248 e. The van der Waals surface area contributed by atoms with Crippen LogP contribution in [0.5, 0.6) is 5.88 Å². The molecule has 0 amide bonds. The van der Waals surface area contributed by atoms with E-state index < -0.39 is 5.92 Å². The van der Waals surface area contributed by atoms with E-state index in [-0.39, 0.29) is 18.9 Å². The Morgan fingerprint density at radius 3 is 2.72 bits per heavy atom. The summed E-state index contributed by atoms with van der Waals surface area (Å²) in [7, 11) is 0. The molecule has 132 valence electrons. The maximum atomic E-state index is 13.3. The fourth-order valence-electron chi connectivity index (χ4n) is 3.89. The lowest BCUT2D eigenvalue weighted by atomic mass is 9.94. The third kappa shape index (κ3) is 3.32. The van der Waals surface area contributed by atoms with Crippen molar-refractivity contribution in [2.75, 3.05) is 5.73 Å². The van der Waals surface area contributed by atoms with Gasteiger partial charge in [0.25, 0.3) is 0 Å². The van der Waals surface area contributed by atoms with Crippen molar-refractivity contribution in [1.29, 1.82) is 0 Å². The molecule has 1 heterocycles. The molecule has 0 atom stereocenters. The summed E-state index contributed by atoms with van der Waals surface area (Å²) in [5, 5.41) is 0. The van der Waals surface area contributed by atoms with Crippen LogP contribution in [0.4, 0.5) is 14.5 Å². The van der Waals surface area contributed by atoms with Crippen molar-refractivity contribution in [1.82, 2.24) is 4.98 Å². The lowest BCUT2D eigenvalue weighted by molar-refractivity contribution is -0.0588. The van der Waals surface area contributed by atoms with Gasteiger partial charge in [0.05, 0.1) is 0 Å². The Bertz CT molecular complexity index is 781. The number of rotatable bonds is 3. The molecular formula is C20H22F2N2O. The molecule has 2 N–H and O–H groups in total. The quantitative estimate of drug-likeness (QED) is 0.816. The van der Waals surface area contributed by atoms with Gasteiger partial charge in [-0.2, -0.15) is 0 Å². The van der Waals surface area contributed by atoms with E-state index in [2.05, 4.69) is 17.1 Å². The van der Waals surface area contributed by atoms with Crippen LogP contribution in [0.25, 0.3) is 11.1 Å². The second kappa shape index (κ2) is 6.28. The third-order valence-electron chi connectivity index (χ3n) is 5.32. The summed E-state index contributed by atoms with van der Waals surface area (Å²) in [6, 6.07) is 7.98. The normalized spacial score (nSPS) is 19.6. The predicted molar refractivity (Wildman–Crippen MR) is 93.9 cm³/mol. The highest BCUT2D eigenvalue weighted by Gasteiger charge is 2.35. The first kappa shape index (κ1) is 16.3. The van der Waals surface area contributed by atoms with Crippen LogP contribution in [0, 0.1) is 0 Å². The number of hydrogen-bond donors (Lipinski definition) is 1. The van der Waals surface area contributed by atoms with Crippen LogP contribution < -0.4 is 10.5 Å². The number of aryl methyl sites for hydroxylation is 1. The molecule has 0 aliphatic heterocycles. The summed E-state index contributed by atoms with van der Waals surface area (Å²) in [4.78, 5) is 4.25. The highest BCUT2D eigenvalue weighted by molar-refractivity contribution is 5.80. The Hall–Kier alpha value is -2.17. The maximum Gasteiger partial charge on any atom is 0.248 e. The number of nitrogens with zero attached hydrogens (tertiary/aromatic N) is 1. The third-order valence-corrected chi connectivity index (χ3v) is 5.32. The van der Waals surface area contributed by atoms with Crippen molar-refractivity contribution < 1.29 is 13.5 Å². The van der Waals surface area contributed by atoms with E-state index in [0.717, 1.165) is 36.1 Å². The molecule has 25 heavy (non-hydrogen) atoms. The number of alkyl halides is 2. The lowest BCUT2D eigenvalue weighted by Crippen LogP contribution is -2.30. The zero-order valence-corrected chi connectivity index (χ0v) is 14.1. The molecule has 4 rings (SSSR count). The van der Waals surface area contributed by atoms with E-state index in [4.69, 9.17) is 10.5 Å². The number of ether oxygens (including phenoxy) is 1. The van der Waals surface area contributed by atoms with Gasteiger partial charge in [0.2, 0.25) is 11.8 Å². The van der Waals surface area contributed by atoms with E-state index >= 15 is 0 Å². The molecule has 2 aliphatic rings. The Labute approximate surface area is 146 Å². The fraction of sp³-hybridized carbons (Fsp3) is 0.450. The molecule has 5 heteroatoms. The number of nitrogens with two attached hydrogens (primary N) is 1. The number of anilines is 1. The summed E-state index contributed by atoms with van der Waals surface area (Å²) >= 11 is 0. The second-order valence-electron chi connectivity index (χ2n) is 7.07. The molecule has 0 bridgehead atoms. The predicted octanol–water partition coefficient (Wildman–Crippen LogP) is 4.78. The molecule has 0 spiro atoms. The van der Waals surface area contributed by atoms with Gasteiger partial charge in [-0.1, -0.05) is 12.1 Å². The first-order valence-corrected chi connectivity index (χ1v) is 8.93. The highest BCUT2D eigenvalue weighted by atomic mass is 19.3. The van der Waals surface area contributed by atoms with Crippen LogP contribution in [-0.2, 0) is 12.8 Å². The summed E-state index contributed by atoms with van der Waals surface area (Å²) in [6.07, 6.45) is 5.26. The Kier molecular flexibility index (Phi) is 4.10. The summed E-state index contributed by atoms with van der Waals surface area (Å²) in [5.74, 6) is -2.07. The molecular weight excluding hydrogens is 322 g/mol. The average molecular weight is 344 g/mol. The summed E-state index contributed by atoms with van der Waals surface area (Å²) in [5.41, 5.74) is 11.8. The van der Waals surface area contributed by atoms with E-state index in [1.54, 1.807) is 6.20 Å². The largest absolute Gasteiger partial charge is 0.474 e. The average Bonchev–Trinajstić information content (AvgIpc) is 3.07. The molecule has 1 aromatic carbocycles. The van der Waals surface area contributed by atoms with Gasteiger partial charge in [-0.15, -0.1) is 0 Å². The van der Waals surface area contributed by atoms with Gasteiger partial charge >= 0.3 is 0 Å². The molecule has 0 saturated heterocycles. The standard InChI is InChI=1S/C20H22F2N2O/c21-20(22)9-6-15(7-10-20)25-18-12-14(8-11-24-18)17-5-4-13-2-1-3-16(13)19(17)23/h4-5,8,11-12,15H,1-3,6-7,9-10,23H2. The van der Waals surface area contributed by atoms with E-state index in [9.17, 15) is 8.78 Å². The molecule has 1 saturated carbocycles. The first-order valence-electron chi connectivity index (χ1n) is 8.93. The molecule has 0 unspecified atom stereocenters. The van der Waals surface area contributed by atoms with Crippen LogP contribution in [-0.4, -0.2) is 17.0 Å². The van der Waals surface area contributed by atoms with Crippen LogP contribution in [0.15, 0.2) is 30.5 Å². The van der Waals surface area contributed by atoms with Crippen LogP contribution >= 0.6 is 0 Å². The van der Waals surface area contributed by atoms with Crippen molar-refractivity contribution in [2.45, 2.75) is 57.0 Å². The number of nitrogen functional groups attached to an aromatic ring is 1. The Morgan fingerprint density at radius 1 is 1.12 bits per heavy atom. The lowest BCUT2D eigenvalue weighted by Gasteiger charge is -2.28. The monoisotopic (exact) mass is 344 g/mol. The number of aromatic nitrogens is 1. The van der Waals surface area contributed by atoms with Crippen molar-refractivity contribution in [3.63, 3.8) is 0 Å². The van der Waals surface area contributed by atoms with Gasteiger partial charge in [-0.25, -0.2) is 13.8 Å². The number of benzene rings is 1. The SMILES string of the molecule is Nc1c(-c2ccnc(OC3CCC(F)(F)CC3)c2)ccc2c1CCC2. The van der Waals surface area contributed by atoms with Crippen molar-refractivity contribution in [3.8, 4) is 17.0 Å². The molecule has 3 nitrogen and oxygen atoms in total. The Balaban J connectivity index is 1.54. The van der Waals surface area contributed by atoms with Gasteiger partial charge in [0.15, 0.2) is 0 Å². The topological polar surface area (TPSA) is 48.1 Å². The maximum absolute atomic E-state index is 13.3. The Morgan fingerprint density at radius 2 is 1.92 bits per heavy atom. The zero-order chi connectivity index (χ0) is 17.4. The van der Waals surface area contributed by atoms with Crippen molar-refractivity contribution >= 4 is 5.69 Å². The van der Waals surface area contributed by atoms with Gasteiger partial charge < -0.3 is 10.5 Å². The van der Waals surface area contributed by atoms with Crippen LogP contribution in [0.3, 0.4) is 0 Å². The van der Waals surface area contributed by atoms with Crippen molar-refractivity contribution in [2.24, 2.45) is 0 Å². The minimum atomic E-state index is -2.55. The number of pyridine rings is 1.